The Morgan fingerprint density at radius 3 is 2.10 bits per heavy atom. The Balaban J connectivity index is 2.46. The first-order valence-corrected chi connectivity index (χ1v) is 17.7. The minimum absolute atomic E-state index is 0.364. The van der Waals surface area contributed by atoms with Crippen LogP contribution in [0.1, 0.15) is 25.5 Å². The van der Waals surface area contributed by atoms with Crippen LogP contribution in [0, 0.1) is 5.92 Å². The fourth-order valence-electron chi connectivity index (χ4n) is 3.22. The summed E-state index contributed by atoms with van der Waals surface area (Å²) in [7, 11) is -3.19. The van der Waals surface area contributed by atoms with E-state index in [0.717, 1.165) is 0 Å². The van der Waals surface area contributed by atoms with Crippen LogP contribution < -0.4 is 0 Å². The summed E-state index contributed by atoms with van der Waals surface area (Å²) in [6.45, 7) is 16.4. The molecule has 2 rings (SSSR count). The van der Waals surface area contributed by atoms with Crippen molar-refractivity contribution in [2.75, 3.05) is 12.5 Å². The van der Waals surface area contributed by atoms with Crippen LogP contribution in [-0.4, -0.2) is 51.2 Å². The molecule has 2 unspecified atom stereocenters. The van der Waals surface area contributed by atoms with Crippen LogP contribution >= 0.6 is 0 Å². The fraction of sp³-hybridized carbons (Fsp3) is 0.545. The summed E-state index contributed by atoms with van der Waals surface area (Å²) < 4.78 is 11.4. The van der Waals surface area contributed by atoms with Crippen molar-refractivity contribution in [3.05, 3.63) is 41.4 Å². The predicted molar refractivity (Wildman–Crippen MR) is 125 cm³/mol. The maximum absolute atomic E-state index is 13.2. The average molecular weight is 447 g/mol. The van der Waals surface area contributed by atoms with E-state index in [-0.39, 0.29) is 5.97 Å². The monoisotopic (exact) mass is 446 g/mol. The van der Waals surface area contributed by atoms with Gasteiger partial charge in [-0.15, -0.1) is 0 Å². The lowest BCUT2D eigenvalue weighted by Crippen LogP contribution is -2.40. The summed E-state index contributed by atoms with van der Waals surface area (Å²) in [5.41, 5.74) is 2.23. The van der Waals surface area contributed by atoms with Gasteiger partial charge in [0.25, 0.3) is 0 Å². The molecule has 1 aromatic heterocycles. The maximum atomic E-state index is 13.2. The van der Waals surface area contributed by atoms with Gasteiger partial charge in [0, 0.05) is 23.3 Å². The van der Waals surface area contributed by atoms with Crippen LogP contribution in [0.4, 0.5) is 0 Å². The number of nitrogens with zero attached hydrogens (tertiary/aromatic N) is 2. The van der Waals surface area contributed by atoms with E-state index in [2.05, 4.69) is 49.3 Å². The average Bonchev–Trinajstić information content (AvgIpc) is 2.63. The van der Waals surface area contributed by atoms with E-state index in [9.17, 15) is 9.59 Å². The summed E-state index contributed by atoms with van der Waals surface area (Å²) in [6, 6.07) is 5.50. The Kier molecular flexibility index (Phi) is 7.57. The van der Waals surface area contributed by atoms with E-state index in [4.69, 9.17) is 9.47 Å². The van der Waals surface area contributed by atoms with Crippen LogP contribution in [0.2, 0.25) is 39.3 Å². The zero-order valence-corrected chi connectivity index (χ0v) is 21.4. The largest absolute Gasteiger partial charge is 0.469 e. The highest BCUT2D eigenvalue weighted by atomic mass is 28.3. The number of carbonyl (C=O) groups excluding carboxylic acids is 2. The molecule has 0 saturated carbocycles. The van der Waals surface area contributed by atoms with Crippen LogP contribution in [0.3, 0.4) is 0 Å². The molecule has 2 heterocycles. The molecule has 1 aromatic rings. The van der Waals surface area contributed by atoms with E-state index in [1.54, 1.807) is 13.1 Å². The molecule has 0 spiro atoms. The summed E-state index contributed by atoms with van der Waals surface area (Å²) in [6.07, 6.45) is 2.49. The van der Waals surface area contributed by atoms with E-state index in [1.165, 1.54) is 0 Å². The number of ether oxygens (including phenoxy) is 2. The van der Waals surface area contributed by atoms with Gasteiger partial charge in [-0.3, -0.25) is 14.8 Å². The van der Waals surface area contributed by atoms with Gasteiger partial charge in [0.1, 0.15) is 5.92 Å². The van der Waals surface area contributed by atoms with E-state index in [0.29, 0.717) is 35.1 Å². The number of hydrogen-bond acceptors (Lipinski definition) is 6. The van der Waals surface area contributed by atoms with Crippen LogP contribution in [0.15, 0.2) is 40.7 Å². The van der Waals surface area contributed by atoms with Gasteiger partial charge < -0.3 is 9.47 Å². The van der Waals surface area contributed by atoms with Gasteiger partial charge in [0.15, 0.2) is 0 Å². The van der Waals surface area contributed by atoms with Gasteiger partial charge in [-0.2, -0.15) is 0 Å². The number of hydrogen-bond donors (Lipinski definition) is 0. The van der Waals surface area contributed by atoms with Gasteiger partial charge >= 0.3 is 11.9 Å². The van der Waals surface area contributed by atoms with Crippen LogP contribution in [0.25, 0.3) is 0 Å². The van der Waals surface area contributed by atoms with Crippen LogP contribution in [-0.2, 0) is 19.1 Å². The third-order valence-corrected chi connectivity index (χ3v) is 6.61. The van der Waals surface area contributed by atoms with Crippen molar-refractivity contribution in [2.24, 2.45) is 10.9 Å². The molecule has 0 bridgehead atoms. The molecule has 1 aliphatic heterocycles. The van der Waals surface area contributed by atoms with Crippen molar-refractivity contribution in [1.82, 2.24) is 4.98 Å². The number of carbonyl (C=O) groups is 2. The number of aliphatic imine (C=N–C) groups is 1. The lowest BCUT2D eigenvalue weighted by atomic mass is 9.77. The Morgan fingerprint density at radius 2 is 1.57 bits per heavy atom. The molecule has 8 heteroatoms. The Hall–Kier alpha value is -2.07. The minimum atomic E-state index is -1.60. The molecule has 30 heavy (non-hydrogen) atoms. The summed E-state index contributed by atoms with van der Waals surface area (Å²) in [5, 5.41) is 0. The first-order valence-electron chi connectivity index (χ1n) is 10.3. The van der Waals surface area contributed by atoms with Crippen molar-refractivity contribution in [1.29, 1.82) is 0 Å². The van der Waals surface area contributed by atoms with E-state index in [1.807, 2.05) is 25.1 Å². The fourth-order valence-corrected chi connectivity index (χ4v) is 4.36. The Morgan fingerprint density at radius 1 is 0.967 bits per heavy atom. The molecule has 2 atom stereocenters. The molecular formula is C22H34N2O4Si2. The summed E-state index contributed by atoms with van der Waals surface area (Å²) in [4.78, 5) is 35.3. The van der Waals surface area contributed by atoms with Crippen molar-refractivity contribution in [3.63, 3.8) is 0 Å². The Labute approximate surface area is 181 Å². The molecule has 0 radical (unpaired) electrons. The first kappa shape index (κ1) is 24.2. The molecule has 6 nitrogen and oxygen atoms in total. The first-order chi connectivity index (χ1) is 13.8. The normalized spacial score (nSPS) is 19.9. The van der Waals surface area contributed by atoms with Crippen molar-refractivity contribution < 1.29 is 19.1 Å². The minimum Gasteiger partial charge on any atom is -0.469 e. The molecule has 1 aliphatic rings. The maximum Gasteiger partial charge on any atom is 0.336 e. The van der Waals surface area contributed by atoms with E-state index < -0.39 is 34.0 Å². The van der Waals surface area contributed by atoms with Gasteiger partial charge in [-0.25, -0.2) is 4.79 Å². The molecule has 0 amide bonds. The second-order valence-corrected chi connectivity index (χ2v) is 21.1. The number of esters is 2. The quantitative estimate of drug-likeness (QED) is 0.459. The van der Waals surface area contributed by atoms with Crippen molar-refractivity contribution in [3.8, 4) is 0 Å². The van der Waals surface area contributed by atoms with Crippen molar-refractivity contribution in [2.45, 2.75) is 59.0 Å². The zero-order valence-electron chi connectivity index (χ0n) is 19.4. The summed E-state index contributed by atoms with van der Waals surface area (Å²) >= 11 is 0. The number of aromatic nitrogens is 1. The molecule has 0 fully saturated rings. The number of pyridine rings is 1. The van der Waals surface area contributed by atoms with Gasteiger partial charge in [0.2, 0.25) is 0 Å². The second-order valence-electron chi connectivity index (χ2n) is 10.3. The van der Waals surface area contributed by atoms with Gasteiger partial charge in [0.05, 0.1) is 40.1 Å². The smallest absolute Gasteiger partial charge is 0.336 e. The molecule has 0 N–H and O–H groups in total. The van der Waals surface area contributed by atoms with Gasteiger partial charge in [-0.05, 0) is 26.0 Å². The molecule has 0 aliphatic carbocycles. The number of allylic oxidation sites excluding steroid dienone is 1. The highest BCUT2D eigenvalue weighted by molar-refractivity contribution is 6.76. The standard InChI is InChI=1S/C22H34N2O4Si2/c1-15-18(21(25)27-13-29(3,4)5)20(17-11-9-10-12-23-17)19(16(2)24-15)22(26)28-14-30(6,7)8/h9-12,18,20H,13-14H2,1-8H3. The highest BCUT2D eigenvalue weighted by Gasteiger charge is 2.43. The highest BCUT2D eigenvalue weighted by Crippen LogP contribution is 2.39. The SMILES string of the molecule is CC1=NC(C)=C(C(=O)OC[Si](C)(C)C)C(c2ccccn2)C1C(=O)OC[Si](C)(C)C. The van der Waals surface area contributed by atoms with Gasteiger partial charge in [-0.1, -0.05) is 45.3 Å². The second kappa shape index (κ2) is 9.38. The molecule has 0 saturated heterocycles. The molecule has 0 aromatic carbocycles. The predicted octanol–water partition coefficient (Wildman–Crippen LogP) is 4.37. The van der Waals surface area contributed by atoms with E-state index >= 15 is 0 Å². The lowest BCUT2D eigenvalue weighted by Gasteiger charge is -2.32. The van der Waals surface area contributed by atoms with Crippen molar-refractivity contribution >= 4 is 33.8 Å². The van der Waals surface area contributed by atoms with Crippen LogP contribution in [0.5, 0.6) is 0 Å². The zero-order chi connectivity index (χ0) is 22.7. The third kappa shape index (κ3) is 6.47. The lowest BCUT2D eigenvalue weighted by molar-refractivity contribution is -0.145. The Bertz CT molecular complexity index is 852. The summed E-state index contributed by atoms with van der Waals surface area (Å²) in [5.74, 6) is -2.07. The molecule has 164 valence electrons. The number of rotatable bonds is 7. The topological polar surface area (TPSA) is 77.9 Å². The molecular weight excluding hydrogens is 412 g/mol. The third-order valence-electron chi connectivity index (χ3n) is 4.59.